The number of hydrogen-bond donors (Lipinski definition) is 0. The van der Waals surface area contributed by atoms with Gasteiger partial charge in [0.25, 0.3) is 0 Å². The maximum absolute atomic E-state index is 13.5. The third-order valence-electron chi connectivity index (χ3n) is 4.14. The summed E-state index contributed by atoms with van der Waals surface area (Å²) < 4.78 is 23.7. The second-order valence-electron chi connectivity index (χ2n) is 5.79. The summed E-state index contributed by atoms with van der Waals surface area (Å²) in [6, 6.07) is 13.3. The van der Waals surface area contributed by atoms with Gasteiger partial charge in [0.2, 0.25) is 5.78 Å². The molecule has 0 unspecified atom stereocenters. The molecule has 0 bridgehead atoms. The molecule has 5 heteroatoms. The van der Waals surface area contributed by atoms with Crippen molar-refractivity contribution in [1.82, 2.24) is 4.98 Å². The summed E-state index contributed by atoms with van der Waals surface area (Å²) in [5, 5.41) is 0. The van der Waals surface area contributed by atoms with Gasteiger partial charge in [-0.05, 0) is 54.4 Å². The Kier molecular flexibility index (Phi) is 4.98. The lowest BCUT2D eigenvalue weighted by Gasteiger charge is -2.08. The number of ketones is 1. The van der Waals surface area contributed by atoms with E-state index in [1.165, 1.54) is 25.3 Å². The maximum Gasteiger partial charge on any atom is 0.211 e. The number of methoxy groups -OCH3 is 2. The summed E-state index contributed by atoms with van der Waals surface area (Å²) in [6.45, 7) is 1.97. The standard InChI is InChI=1S/C21H18FNO3/c1-13-10-14(6-9-19(13)25-2)16-5-8-18(23-12-16)21(24)15-4-7-17(22)20(11-15)26-3/h4-12H,1-3H3. The van der Waals surface area contributed by atoms with Gasteiger partial charge in [-0.1, -0.05) is 12.1 Å². The molecule has 3 rings (SSSR count). The molecule has 4 nitrogen and oxygen atoms in total. The summed E-state index contributed by atoms with van der Waals surface area (Å²) in [5.41, 5.74) is 3.50. The molecule has 0 aliphatic carbocycles. The largest absolute Gasteiger partial charge is 0.496 e. The molecule has 0 aliphatic rings. The number of aromatic nitrogens is 1. The van der Waals surface area contributed by atoms with Crippen molar-refractivity contribution in [3.05, 3.63) is 77.4 Å². The molecule has 132 valence electrons. The van der Waals surface area contributed by atoms with Crippen molar-refractivity contribution >= 4 is 5.78 Å². The first kappa shape index (κ1) is 17.6. The first-order chi connectivity index (χ1) is 12.5. The molecule has 0 aliphatic heterocycles. The molecular formula is C21H18FNO3. The monoisotopic (exact) mass is 351 g/mol. The predicted molar refractivity (Wildman–Crippen MR) is 97.3 cm³/mol. The van der Waals surface area contributed by atoms with Gasteiger partial charge in [0, 0.05) is 17.3 Å². The van der Waals surface area contributed by atoms with E-state index in [2.05, 4.69) is 4.98 Å². The summed E-state index contributed by atoms with van der Waals surface area (Å²) in [7, 11) is 2.99. The van der Waals surface area contributed by atoms with Gasteiger partial charge in [-0.25, -0.2) is 4.39 Å². The Balaban J connectivity index is 1.87. The summed E-state index contributed by atoms with van der Waals surface area (Å²) in [4.78, 5) is 16.8. The lowest BCUT2D eigenvalue weighted by Crippen LogP contribution is -2.05. The van der Waals surface area contributed by atoms with Crippen LogP contribution in [0.4, 0.5) is 4.39 Å². The smallest absolute Gasteiger partial charge is 0.211 e. The average molecular weight is 351 g/mol. The Morgan fingerprint density at radius 3 is 2.27 bits per heavy atom. The van der Waals surface area contributed by atoms with Gasteiger partial charge in [-0.3, -0.25) is 9.78 Å². The van der Waals surface area contributed by atoms with Crippen LogP contribution in [0.3, 0.4) is 0 Å². The molecule has 0 amide bonds. The van der Waals surface area contributed by atoms with E-state index in [1.54, 1.807) is 19.4 Å². The van der Waals surface area contributed by atoms with Crippen LogP contribution < -0.4 is 9.47 Å². The van der Waals surface area contributed by atoms with Gasteiger partial charge in [0.1, 0.15) is 11.4 Å². The van der Waals surface area contributed by atoms with Crippen LogP contribution in [0.15, 0.2) is 54.7 Å². The molecule has 0 saturated heterocycles. The number of carbonyl (C=O) groups is 1. The molecule has 26 heavy (non-hydrogen) atoms. The van der Waals surface area contributed by atoms with Gasteiger partial charge in [0.15, 0.2) is 11.6 Å². The van der Waals surface area contributed by atoms with Crippen molar-refractivity contribution in [3.63, 3.8) is 0 Å². The van der Waals surface area contributed by atoms with Gasteiger partial charge < -0.3 is 9.47 Å². The Morgan fingerprint density at radius 2 is 1.65 bits per heavy atom. The lowest BCUT2D eigenvalue weighted by molar-refractivity contribution is 0.103. The van der Waals surface area contributed by atoms with Crippen molar-refractivity contribution in [3.8, 4) is 22.6 Å². The summed E-state index contributed by atoms with van der Waals surface area (Å²) in [6.07, 6.45) is 1.65. The van der Waals surface area contributed by atoms with E-state index in [0.717, 1.165) is 22.4 Å². The van der Waals surface area contributed by atoms with E-state index in [-0.39, 0.29) is 17.2 Å². The molecule has 0 saturated carbocycles. The highest BCUT2D eigenvalue weighted by Gasteiger charge is 2.14. The first-order valence-electron chi connectivity index (χ1n) is 8.03. The van der Waals surface area contributed by atoms with Crippen LogP contribution in [0.2, 0.25) is 0 Å². The minimum atomic E-state index is -0.512. The molecule has 0 fully saturated rings. The third-order valence-corrected chi connectivity index (χ3v) is 4.14. The minimum Gasteiger partial charge on any atom is -0.496 e. The van der Waals surface area contributed by atoms with E-state index in [9.17, 15) is 9.18 Å². The third kappa shape index (κ3) is 3.42. The van der Waals surface area contributed by atoms with E-state index in [4.69, 9.17) is 9.47 Å². The van der Waals surface area contributed by atoms with Crippen LogP contribution in [0.5, 0.6) is 11.5 Å². The molecule has 0 N–H and O–H groups in total. The predicted octanol–water partition coefficient (Wildman–Crippen LogP) is 4.44. The number of ether oxygens (including phenoxy) is 2. The van der Waals surface area contributed by atoms with E-state index in [1.807, 2.05) is 31.2 Å². The average Bonchev–Trinajstić information content (AvgIpc) is 2.68. The van der Waals surface area contributed by atoms with Crippen molar-refractivity contribution in [2.75, 3.05) is 14.2 Å². The van der Waals surface area contributed by atoms with Gasteiger partial charge >= 0.3 is 0 Å². The zero-order chi connectivity index (χ0) is 18.7. The number of hydrogen-bond acceptors (Lipinski definition) is 4. The highest BCUT2D eigenvalue weighted by molar-refractivity contribution is 6.08. The van der Waals surface area contributed by atoms with E-state index < -0.39 is 5.82 Å². The maximum atomic E-state index is 13.5. The molecule has 2 aromatic carbocycles. The molecule has 1 heterocycles. The second kappa shape index (κ2) is 7.35. The SMILES string of the molecule is COc1ccc(-c2ccc(C(=O)c3ccc(F)c(OC)c3)nc2)cc1C. The second-order valence-corrected chi connectivity index (χ2v) is 5.79. The van der Waals surface area contributed by atoms with Crippen molar-refractivity contribution < 1.29 is 18.7 Å². The molecule has 1 aromatic heterocycles. The zero-order valence-electron chi connectivity index (χ0n) is 14.7. The number of pyridine rings is 1. The number of benzene rings is 2. The molecule has 3 aromatic rings. The van der Waals surface area contributed by atoms with Crippen LogP contribution >= 0.6 is 0 Å². The fraction of sp³-hybridized carbons (Fsp3) is 0.143. The Labute approximate surface area is 151 Å². The fourth-order valence-electron chi connectivity index (χ4n) is 2.71. The fourth-order valence-corrected chi connectivity index (χ4v) is 2.71. The van der Waals surface area contributed by atoms with Gasteiger partial charge in [-0.15, -0.1) is 0 Å². The van der Waals surface area contributed by atoms with Crippen LogP contribution in [-0.4, -0.2) is 25.0 Å². The molecule has 0 radical (unpaired) electrons. The Bertz CT molecular complexity index is 952. The van der Waals surface area contributed by atoms with Crippen LogP contribution in [0, 0.1) is 12.7 Å². The van der Waals surface area contributed by atoms with E-state index in [0.29, 0.717) is 5.56 Å². The van der Waals surface area contributed by atoms with Crippen molar-refractivity contribution in [2.45, 2.75) is 6.92 Å². The topological polar surface area (TPSA) is 48.4 Å². The summed E-state index contributed by atoms with van der Waals surface area (Å²) >= 11 is 0. The highest BCUT2D eigenvalue weighted by atomic mass is 19.1. The van der Waals surface area contributed by atoms with Crippen molar-refractivity contribution in [1.29, 1.82) is 0 Å². The van der Waals surface area contributed by atoms with Gasteiger partial charge in [-0.2, -0.15) is 0 Å². The number of aryl methyl sites for hydroxylation is 1. The van der Waals surface area contributed by atoms with Crippen LogP contribution in [0.25, 0.3) is 11.1 Å². The quantitative estimate of drug-likeness (QED) is 0.638. The van der Waals surface area contributed by atoms with Gasteiger partial charge in [0.05, 0.1) is 14.2 Å². The molecular weight excluding hydrogens is 333 g/mol. The first-order valence-corrected chi connectivity index (χ1v) is 8.03. The van der Waals surface area contributed by atoms with E-state index >= 15 is 0 Å². The number of halogens is 1. The summed E-state index contributed by atoms with van der Waals surface area (Å²) in [5.74, 6) is 0.0444. The lowest BCUT2D eigenvalue weighted by atomic mass is 10.0. The zero-order valence-corrected chi connectivity index (χ0v) is 14.7. The van der Waals surface area contributed by atoms with Crippen LogP contribution in [-0.2, 0) is 0 Å². The normalized spacial score (nSPS) is 10.5. The van der Waals surface area contributed by atoms with Crippen LogP contribution in [0.1, 0.15) is 21.6 Å². The Morgan fingerprint density at radius 1 is 0.923 bits per heavy atom. The molecule has 0 spiro atoms. The number of rotatable bonds is 5. The Hall–Kier alpha value is -3.21. The highest BCUT2D eigenvalue weighted by Crippen LogP contribution is 2.26. The molecule has 0 atom stereocenters. The minimum absolute atomic E-state index is 0.0289. The van der Waals surface area contributed by atoms with Crippen molar-refractivity contribution in [2.24, 2.45) is 0 Å². The number of carbonyl (C=O) groups excluding carboxylic acids is 1. The number of nitrogens with zero attached hydrogens (tertiary/aromatic N) is 1.